The molecule has 0 spiro atoms. The number of carbonyl (C=O) groups excluding carboxylic acids is 6. The number of benzene rings is 1. The van der Waals surface area contributed by atoms with Crippen molar-refractivity contribution in [3.63, 3.8) is 0 Å². The van der Waals surface area contributed by atoms with Crippen LogP contribution in [-0.2, 0) is 38.8 Å². The van der Waals surface area contributed by atoms with Gasteiger partial charge in [0.05, 0.1) is 23.4 Å². The lowest BCUT2D eigenvalue weighted by atomic mass is 9.96. The fraction of sp³-hybridized carbons (Fsp3) is 0.319. The third-order valence-electron chi connectivity index (χ3n) is 11.7. The molecule has 6 aromatic rings. The summed E-state index contributed by atoms with van der Waals surface area (Å²) in [6.07, 6.45) is 11.3. The van der Waals surface area contributed by atoms with Crippen molar-refractivity contribution < 1.29 is 33.5 Å². The zero-order valence-corrected chi connectivity index (χ0v) is 38.5. The van der Waals surface area contributed by atoms with E-state index in [0.29, 0.717) is 83.0 Å². The summed E-state index contributed by atoms with van der Waals surface area (Å²) in [5.41, 5.74) is 21.6. The Balaban J connectivity index is 1.10. The fourth-order valence-electron chi connectivity index (χ4n) is 8.30. The number of hydrogen-bond donors (Lipinski definition) is 4. The van der Waals surface area contributed by atoms with Crippen LogP contribution in [0.3, 0.4) is 0 Å². The number of rotatable bonds is 19. The van der Waals surface area contributed by atoms with Crippen molar-refractivity contribution in [3.8, 4) is 17.3 Å². The lowest BCUT2D eigenvalue weighted by molar-refractivity contribution is -0.140. The number of ether oxygens (including phenoxy) is 1. The molecule has 0 atom stereocenters. The highest BCUT2D eigenvalue weighted by atomic mass is 16.5. The standard InChI is InChI=1S/C47H51N15O7/c1-5-51-34(17-26(3)48)46(68)56-47-54-33-20-30(42(50)67)22-53-45(33)61(47)14-8-7-13-60-40-31(32-23-52-43(55-44(32)60)35-18-27(4)57-62(35)6-2)19-29(41(49)66)21-36(40)69-16-12-28-24-58(25-28)37(63)11-15-59-38(64)9-10-39(59)65/h7-10,17-23,28H,5-6,11-16,24-25,48H2,1-4H3,(H2,49,66)(H2,50,67)(H,54,56,68)/b8-7+,26-17-,51-34?. The van der Waals surface area contributed by atoms with Crippen LogP contribution in [0.1, 0.15) is 60.0 Å². The highest BCUT2D eigenvalue weighted by Gasteiger charge is 2.32. The van der Waals surface area contributed by atoms with Crippen molar-refractivity contribution in [2.45, 2.75) is 60.2 Å². The predicted molar refractivity (Wildman–Crippen MR) is 256 cm³/mol. The molecule has 1 saturated heterocycles. The number of nitrogens with two attached hydrogens (primary N) is 3. The highest BCUT2D eigenvalue weighted by Crippen LogP contribution is 2.37. The van der Waals surface area contributed by atoms with Crippen LogP contribution in [0.15, 0.2) is 77.7 Å². The van der Waals surface area contributed by atoms with Crippen LogP contribution >= 0.6 is 0 Å². The highest BCUT2D eigenvalue weighted by molar-refractivity contribution is 6.47. The summed E-state index contributed by atoms with van der Waals surface area (Å²) in [4.78, 5) is 101. The number of imidazole rings is 1. The smallest absolute Gasteiger partial charge is 0.276 e. The second-order valence-corrected chi connectivity index (χ2v) is 16.6. The third kappa shape index (κ3) is 9.80. The van der Waals surface area contributed by atoms with Crippen LogP contribution in [-0.4, -0.2) is 123 Å². The number of amides is 6. The van der Waals surface area contributed by atoms with Crippen LogP contribution in [0.2, 0.25) is 0 Å². The van der Waals surface area contributed by atoms with Crippen molar-refractivity contribution in [2.75, 3.05) is 38.1 Å². The Hall–Kier alpha value is -8.56. The molecule has 0 radical (unpaired) electrons. The van der Waals surface area contributed by atoms with E-state index in [9.17, 15) is 28.8 Å². The molecule has 1 aromatic carbocycles. The first-order valence-electron chi connectivity index (χ1n) is 22.4. The summed E-state index contributed by atoms with van der Waals surface area (Å²) in [6, 6.07) is 6.71. The molecule has 0 unspecified atom stereocenters. The van der Waals surface area contributed by atoms with Crippen LogP contribution in [0, 0.1) is 12.8 Å². The van der Waals surface area contributed by atoms with Crippen LogP contribution in [0.25, 0.3) is 44.6 Å². The first kappa shape index (κ1) is 47.0. The number of nitrogens with zero attached hydrogens (tertiary/aromatic N) is 11. The molecule has 7 heterocycles. The predicted octanol–water partition coefficient (Wildman–Crippen LogP) is 2.78. The minimum absolute atomic E-state index is 0.0238. The van der Waals surface area contributed by atoms with Gasteiger partial charge >= 0.3 is 0 Å². The number of primary amides is 2. The zero-order chi connectivity index (χ0) is 49.1. The van der Waals surface area contributed by atoms with Crippen molar-refractivity contribution in [2.24, 2.45) is 28.1 Å². The summed E-state index contributed by atoms with van der Waals surface area (Å²) in [5.74, 6) is -1.79. The van der Waals surface area contributed by atoms with Crippen LogP contribution < -0.4 is 27.3 Å². The first-order chi connectivity index (χ1) is 33.1. The van der Waals surface area contributed by atoms with Gasteiger partial charge in [-0.15, -0.1) is 0 Å². The lowest BCUT2D eigenvalue weighted by Gasteiger charge is -2.39. The molecule has 0 saturated carbocycles. The van der Waals surface area contributed by atoms with E-state index in [2.05, 4.69) is 25.4 Å². The first-order valence-corrected chi connectivity index (χ1v) is 22.4. The minimum atomic E-state index is -0.687. The maximum Gasteiger partial charge on any atom is 0.276 e. The zero-order valence-electron chi connectivity index (χ0n) is 38.5. The van der Waals surface area contributed by atoms with E-state index in [-0.39, 0.29) is 67.3 Å². The number of likely N-dealkylation sites (tertiary alicyclic amines) is 1. The molecule has 6 amide bonds. The monoisotopic (exact) mass is 937 g/mol. The Bertz CT molecular complexity index is 3180. The fourth-order valence-corrected chi connectivity index (χ4v) is 8.30. The van der Waals surface area contributed by atoms with Gasteiger partial charge in [0.25, 0.3) is 17.7 Å². The number of aliphatic imine (C=N–C) groups is 1. The van der Waals surface area contributed by atoms with E-state index >= 15 is 0 Å². The number of aryl methyl sites for hydroxylation is 2. The van der Waals surface area contributed by atoms with Gasteiger partial charge in [0.15, 0.2) is 11.5 Å². The molecule has 1 fully saturated rings. The summed E-state index contributed by atoms with van der Waals surface area (Å²) in [6.45, 7) is 9.88. The molecule has 5 aromatic heterocycles. The summed E-state index contributed by atoms with van der Waals surface area (Å²) in [7, 11) is 0. The Kier molecular flexibility index (Phi) is 13.4. The number of pyridine rings is 1. The van der Waals surface area contributed by atoms with Gasteiger partial charge in [0.2, 0.25) is 23.7 Å². The van der Waals surface area contributed by atoms with Crippen molar-refractivity contribution >= 4 is 80.2 Å². The number of allylic oxidation sites excluding steroid dienone is 3. The number of imide groups is 1. The Morgan fingerprint density at radius 1 is 0.884 bits per heavy atom. The molecular formula is C47H51N15O7. The lowest BCUT2D eigenvalue weighted by Crippen LogP contribution is -2.51. The summed E-state index contributed by atoms with van der Waals surface area (Å²) >= 11 is 0. The minimum Gasteiger partial charge on any atom is -0.491 e. The Labute approximate surface area is 394 Å². The quantitative estimate of drug-likeness (QED) is 0.0517. The SMILES string of the molecule is CCN=C(/C=C(/C)N)C(=O)Nc1nc2cc(C(N)=O)cnc2n1C/C=C/Cn1c2nc(-c3cc(C)nn3CC)ncc2c2cc(C(N)=O)cc(OCCC3CN(C(=O)CCN4C(=O)C=CC4=O)C3)c21. The second kappa shape index (κ2) is 19.7. The topological polar surface area (TPSA) is 300 Å². The number of nitrogens with one attached hydrogen (secondary N) is 1. The van der Waals surface area contributed by atoms with E-state index in [1.807, 2.05) is 41.3 Å². The number of aromatic nitrogens is 8. The molecule has 0 aliphatic carbocycles. The van der Waals surface area contributed by atoms with Gasteiger partial charge in [-0.05, 0) is 70.4 Å². The van der Waals surface area contributed by atoms with Gasteiger partial charge in [0.1, 0.15) is 28.3 Å². The molecule has 7 N–H and O–H groups in total. The van der Waals surface area contributed by atoms with E-state index < -0.39 is 29.5 Å². The number of hydrogen-bond acceptors (Lipinski definition) is 14. The van der Waals surface area contributed by atoms with Crippen molar-refractivity contribution in [3.05, 3.63) is 89.6 Å². The number of anilines is 1. The summed E-state index contributed by atoms with van der Waals surface area (Å²) in [5, 5.41) is 8.69. The van der Waals surface area contributed by atoms with Gasteiger partial charge in [-0.1, -0.05) is 12.2 Å². The number of carbonyl (C=O) groups is 6. The van der Waals surface area contributed by atoms with Gasteiger partial charge in [-0.3, -0.25) is 53.2 Å². The molecule has 0 bridgehead atoms. The molecule has 8 rings (SSSR count). The van der Waals surface area contributed by atoms with Gasteiger partial charge in [0, 0.05) is 98.8 Å². The maximum absolute atomic E-state index is 13.5. The molecule has 69 heavy (non-hydrogen) atoms. The van der Waals surface area contributed by atoms with Gasteiger partial charge in [-0.2, -0.15) is 5.10 Å². The Morgan fingerprint density at radius 3 is 2.29 bits per heavy atom. The van der Waals surface area contributed by atoms with Crippen LogP contribution in [0.4, 0.5) is 5.95 Å². The molecular weight excluding hydrogens is 887 g/mol. The maximum atomic E-state index is 13.5. The van der Waals surface area contributed by atoms with Crippen molar-refractivity contribution in [1.29, 1.82) is 0 Å². The third-order valence-corrected chi connectivity index (χ3v) is 11.7. The van der Waals surface area contributed by atoms with Crippen LogP contribution in [0.5, 0.6) is 5.75 Å². The van der Waals surface area contributed by atoms with Crippen molar-refractivity contribution in [1.82, 2.24) is 48.7 Å². The van der Waals surface area contributed by atoms with Gasteiger partial charge in [-0.25, -0.2) is 19.9 Å². The van der Waals surface area contributed by atoms with E-state index in [1.54, 1.807) is 41.6 Å². The number of fused-ring (bicyclic) bond motifs is 4. The normalized spacial score (nSPS) is 14.6. The second-order valence-electron chi connectivity index (χ2n) is 16.6. The average molecular weight is 938 g/mol. The Morgan fingerprint density at radius 2 is 1.61 bits per heavy atom. The summed E-state index contributed by atoms with van der Waals surface area (Å²) < 4.78 is 12.0. The molecule has 2 aliphatic heterocycles. The van der Waals surface area contributed by atoms with E-state index in [1.165, 1.54) is 30.5 Å². The molecule has 22 nitrogen and oxygen atoms in total. The molecule has 2 aliphatic rings. The average Bonchev–Trinajstić information content (AvgIpc) is 4.04. The van der Waals surface area contributed by atoms with E-state index in [0.717, 1.165) is 16.3 Å². The molecule has 356 valence electrons. The molecule has 22 heteroatoms. The largest absolute Gasteiger partial charge is 0.491 e. The van der Waals surface area contributed by atoms with Gasteiger partial charge < -0.3 is 31.4 Å². The van der Waals surface area contributed by atoms with E-state index in [4.69, 9.17) is 31.9 Å².